The van der Waals surface area contributed by atoms with Crippen molar-refractivity contribution in [2.75, 3.05) is 13.2 Å². The van der Waals surface area contributed by atoms with Crippen LogP contribution in [-0.4, -0.2) is 25.2 Å². The third-order valence-electron chi connectivity index (χ3n) is 4.49. The summed E-state index contributed by atoms with van der Waals surface area (Å²) in [5.41, 5.74) is 2.03. The summed E-state index contributed by atoms with van der Waals surface area (Å²) in [5, 5.41) is 0. The molecule has 0 aromatic rings. The molecule has 0 saturated carbocycles. The molecule has 0 spiro atoms. The standard InChI is InChI=1S/C24H38O4/c1-7-19(3)11-9-13-21(5)17-27-23(25)15-16-24(26)28-18-22(6)14-10-12-20(4)8-2/h7-8,13-14,19-20H,1-2,9-12,15-18H2,3-6H3. The van der Waals surface area contributed by atoms with Crippen LogP contribution in [0.4, 0.5) is 0 Å². The lowest BCUT2D eigenvalue weighted by atomic mass is 10.1. The van der Waals surface area contributed by atoms with Crippen LogP contribution >= 0.6 is 0 Å². The van der Waals surface area contributed by atoms with Gasteiger partial charge in [-0.25, -0.2) is 0 Å². The highest BCUT2D eigenvalue weighted by molar-refractivity contribution is 5.77. The fourth-order valence-electron chi connectivity index (χ4n) is 2.28. The van der Waals surface area contributed by atoms with E-state index in [-0.39, 0.29) is 38.0 Å². The average Bonchev–Trinajstić information content (AvgIpc) is 2.68. The van der Waals surface area contributed by atoms with Crippen molar-refractivity contribution in [2.24, 2.45) is 11.8 Å². The van der Waals surface area contributed by atoms with E-state index in [1.807, 2.05) is 26.0 Å². The summed E-state index contributed by atoms with van der Waals surface area (Å²) in [5.74, 6) is 0.197. The smallest absolute Gasteiger partial charge is 0.306 e. The average molecular weight is 391 g/mol. The van der Waals surface area contributed by atoms with Gasteiger partial charge in [0, 0.05) is 0 Å². The van der Waals surface area contributed by atoms with Gasteiger partial charge in [-0.1, -0.05) is 38.2 Å². The number of esters is 2. The number of ether oxygens (including phenoxy) is 2. The molecule has 0 aliphatic heterocycles. The fraction of sp³-hybridized carbons (Fsp3) is 0.583. The van der Waals surface area contributed by atoms with Crippen LogP contribution in [0.25, 0.3) is 0 Å². The van der Waals surface area contributed by atoms with Crippen LogP contribution in [0.2, 0.25) is 0 Å². The van der Waals surface area contributed by atoms with Crippen LogP contribution in [-0.2, 0) is 19.1 Å². The molecule has 0 rings (SSSR count). The van der Waals surface area contributed by atoms with Crippen molar-refractivity contribution in [2.45, 2.75) is 66.2 Å². The van der Waals surface area contributed by atoms with Crippen molar-refractivity contribution in [3.63, 3.8) is 0 Å². The summed E-state index contributed by atoms with van der Waals surface area (Å²) in [6.45, 7) is 16.2. The predicted octanol–water partition coefficient (Wildman–Crippen LogP) is 5.95. The van der Waals surface area contributed by atoms with Gasteiger partial charge in [-0.3, -0.25) is 9.59 Å². The van der Waals surface area contributed by atoms with Gasteiger partial charge in [0.05, 0.1) is 12.8 Å². The minimum atomic E-state index is -0.380. The Morgan fingerprint density at radius 2 is 1.14 bits per heavy atom. The van der Waals surface area contributed by atoms with Crippen molar-refractivity contribution >= 4 is 11.9 Å². The number of carbonyl (C=O) groups excluding carboxylic acids is 2. The zero-order valence-electron chi connectivity index (χ0n) is 18.2. The van der Waals surface area contributed by atoms with E-state index in [4.69, 9.17) is 9.47 Å². The first-order valence-electron chi connectivity index (χ1n) is 10.2. The molecule has 158 valence electrons. The van der Waals surface area contributed by atoms with Crippen LogP contribution < -0.4 is 0 Å². The van der Waals surface area contributed by atoms with E-state index < -0.39 is 0 Å². The van der Waals surface area contributed by atoms with Gasteiger partial charge in [0.15, 0.2) is 0 Å². The number of hydrogen-bond acceptors (Lipinski definition) is 4. The molecule has 0 aromatic carbocycles. The Morgan fingerprint density at radius 3 is 1.46 bits per heavy atom. The minimum absolute atomic E-state index is 0.0409. The molecule has 0 aliphatic carbocycles. The zero-order valence-corrected chi connectivity index (χ0v) is 18.2. The lowest BCUT2D eigenvalue weighted by Crippen LogP contribution is -2.12. The Kier molecular flexibility index (Phi) is 14.7. The molecule has 0 radical (unpaired) electrons. The Morgan fingerprint density at radius 1 is 0.786 bits per heavy atom. The first-order chi connectivity index (χ1) is 13.3. The highest BCUT2D eigenvalue weighted by atomic mass is 16.5. The molecule has 2 unspecified atom stereocenters. The van der Waals surface area contributed by atoms with Gasteiger partial charge < -0.3 is 9.47 Å². The molecule has 28 heavy (non-hydrogen) atoms. The Labute approximate surface area is 171 Å². The summed E-state index contributed by atoms with van der Waals surface area (Å²) in [7, 11) is 0. The van der Waals surface area contributed by atoms with Crippen LogP contribution in [0.15, 0.2) is 48.6 Å². The second-order valence-electron chi connectivity index (χ2n) is 7.50. The Balaban J connectivity index is 3.95. The summed E-state index contributed by atoms with van der Waals surface area (Å²) in [4.78, 5) is 23.5. The fourth-order valence-corrected chi connectivity index (χ4v) is 2.28. The predicted molar refractivity (Wildman–Crippen MR) is 116 cm³/mol. The molecule has 0 aliphatic rings. The number of carbonyl (C=O) groups is 2. The van der Waals surface area contributed by atoms with Crippen LogP contribution in [0.3, 0.4) is 0 Å². The molecule has 0 amide bonds. The molecule has 0 bridgehead atoms. The van der Waals surface area contributed by atoms with Gasteiger partial charge in [0.1, 0.15) is 13.2 Å². The first kappa shape index (κ1) is 25.9. The Bertz CT molecular complexity index is 507. The van der Waals surface area contributed by atoms with E-state index >= 15 is 0 Å². The summed E-state index contributed by atoms with van der Waals surface area (Å²) < 4.78 is 10.4. The topological polar surface area (TPSA) is 52.6 Å². The van der Waals surface area contributed by atoms with E-state index in [0.29, 0.717) is 11.8 Å². The highest BCUT2D eigenvalue weighted by Crippen LogP contribution is 2.10. The number of rotatable bonds is 15. The van der Waals surface area contributed by atoms with Gasteiger partial charge in [-0.15, -0.1) is 13.2 Å². The molecule has 4 nitrogen and oxygen atoms in total. The summed E-state index contributed by atoms with van der Waals surface area (Å²) in [6, 6.07) is 0. The second kappa shape index (κ2) is 15.9. The first-order valence-corrected chi connectivity index (χ1v) is 10.2. The van der Waals surface area contributed by atoms with E-state index in [1.54, 1.807) is 0 Å². The lowest BCUT2D eigenvalue weighted by molar-refractivity contribution is -0.149. The third kappa shape index (κ3) is 15.0. The van der Waals surface area contributed by atoms with Gasteiger partial charge in [-0.05, 0) is 62.5 Å². The number of allylic oxidation sites excluding steroid dienone is 4. The maximum atomic E-state index is 11.8. The quantitative estimate of drug-likeness (QED) is 0.256. The lowest BCUT2D eigenvalue weighted by Gasteiger charge is -2.08. The van der Waals surface area contributed by atoms with Crippen molar-refractivity contribution in [3.8, 4) is 0 Å². The normalized spacial score (nSPS) is 14.1. The van der Waals surface area contributed by atoms with E-state index in [1.165, 1.54) is 0 Å². The van der Waals surface area contributed by atoms with Gasteiger partial charge >= 0.3 is 11.9 Å². The van der Waals surface area contributed by atoms with E-state index in [2.05, 4.69) is 39.2 Å². The molecular formula is C24H38O4. The highest BCUT2D eigenvalue weighted by Gasteiger charge is 2.09. The van der Waals surface area contributed by atoms with Crippen molar-refractivity contribution < 1.29 is 19.1 Å². The molecule has 0 saturated heterocycles. The minimum Gasteiger partial charge on any atom is -0.461 e. The molecule has 0 heterocycles. The molecular weight excluding hydrogens is 352 g/mol. The van der Waals surface area contributed by atoms with Gasteiger partial charge in [0.25, 0.3) is 0 Å². The van der Waals surface area contributed by atoms with Crippen LogP contribution in [0.1, 0.15) is 66.2 Å². The maximum Gasteiger partial charge on any atom is 0.306 e. The van der Waals surface area contributed by atoms with Crippen molar-refractivity contribution in [3.05, 3.63) is 48.6 Å². The number of hydrogen-bond donors (Lipinski definition) is 0. The third-order valence-corrected chi connectivity index (χ3v) is 4.49. The van der Waals surface area contributed by atoms with Crippen molar-refractivity contribution in [1.29, 1.82) is 0 Å². The molecule has 0 N–H and O–H groups in total. The Hall–Kier alpha value is -2.10. The van der Waals surface area contributed by atoms with E-state index in [0.717, 1.165) is 36.8 Å². The molecule has 0 fully saturated rings. The molecule has 4 heteroatoms. The monoisotopic (exact) mass is 390 g/mol. The van der Waals surface area contributed by atoms with Crippen LogP contribution in [0.5, 0.6) is 0 Å². The van der Waals surface area contributed by atoms with Gasteiger partial charge in [-0.2, -0.15) is 0 Å². The summed E-state index contributed by atoms with van der Waals surface area (Å²) in [6.07, 6.45) is 12.0. The molecule has 0 aromatic heterocycles. The molecule has 2 atom stereocenters. The van der Waals surface area contributed by atoms with Gasteiger partial charge in [0.2, 0.25) is 0 Å². The van der Waals surface area contributed by atoms with Crippen molar-refractivity contribution in [1.82, 2.24) is 0 Å². The van der Waals surface area contributed by atoms with Crippen LogP contribution in [0, 0.1) is 11.8 Å². The summed E-state index contributed by atoms with van der Waals surface area (Å²) >= 11 is 0. The van der Waals surface area contributed by atoms with E-state index in [9.17, 15) is 9.59 Å². The largest absolute Gasteiger partial charge is 0.461 e. The zero-order chi connectivity index (χ0) is 21.4. The second-order valence-corrected chi connectivity index (χ2v) is 7.50. The SMILES string of the molecule is C=CC(C)CCC=C(C)COC(=O)CCC(=O)OCC(C)=CCCC(C)C=C. The maximum absolute atomic E-state index is 11.8.